The lowest BCUT2D eigenvalue weighted by Gasteiger charge is -2.26. The number of hydrogen-bond donors (Lipinski definition) is 1. The number of pyridine rings is 1. The lowest BCUT2D eigenvalue weighted by atomic mass is 10.1. The molecule has 0 bridgehead atoms. The topological polar surface area (TPSA) is 101 Å². The van der Waals surface area contributed by atoms with Crippen LogP contribution in [0.4, 0.5) is 0 Å². The second-order valence-electron chi connectivity index (χ2n) is 7.57. The zero-order valence-corrected chi connectivity index (χ0v) is 17.3. The largest absolute Gasteiger partial charge is 0.352 e. The average Bonchev–Trinajstić information content (AvgIpc) is 3.31. The number of rotatable bonds is 7. The average molecular weight is 419 g/mol. The normalized spacial score (nSPS) is 13.7. The van der Waals surface area contributed by atoms with Crippen LogP contribution in [0.3, 0.4) is 0 Å². The summed E-state index contributed by atoms with van der Waals surface area (Å²) in [4.78, 5) is 34.9. The molecule has 0 aliphatic carbocycles. The molecular weight excluding hydrogens is 394 g/mol. The molecule has 31 heavy (non-hydrogen) atoms. The molecule has 2 amide bonds. The molecule has 1 aromatic carbocycles. The van der Waals surface area contributed by atoms with E-state index in [1.165, 1.54) is 6.42 Å². The van der Waals surface area contributed by atoms with Gasteiger partial charge in [-0.1, -0.05) is 17.3 Å². The van der Waals surface area contributed by atoms with Gasteiger partial charge in [0.25, 0.3) is 5.91 Å². The highest BCUT2D eigenvalue weighted by molar-refractivity contribution is 5.94. The first-order valence-corrected chi connectivity index (χ1v) is 10.6. The van der Waals surface area contributed by atoms with Gasteiger partial charge in [0, 0.05) is 56.0 Å². The summed E-state index contributed by atoms with van der Waals surface area (Å²) in [5.41, 5.74) is 2.45. The van der Waals surface area contributed by atoms with Gasteiger partial charge >= 0.3 is 0 Å². The maximum atomic E-state index is 12.5. The van der Waals surface area contributed by atoms with Crippen LogP contribution in [0, 0.1) is 0 Å². The number of amides is 2. The van der Waals surface area contributed by atoms with Gasteiger partial charge in [0.15, 0.2) is 0 Å². The van der Waals surface area contributed by atoms with Gasteiger partial charge in [-0.25, -0.2) is 0 Å². The number of hydrogen-bond acceptors (Lipinski definition) is 6. The van der Waals surface area contributed by atoms with Gasteiger partial charge in [0.2, 0.25) is 17.6 Å². The van der Waals surface area contributed by atoms with E-state index in [2.05, 4.69) is 20.4 Å². The van der Waals surface area contributed by atoms with Gasteiger partial charge in [-0.2, -0.15) is 4.98 Å². The molecule has 0 saturated carbocycles. The smallest absolute Gasteiger partial charge is 0.253 e. The van der Waals surface area contributed by atoms with E-state index in [9.17, 15) is 9.59 Å². The Morgan fingerprint density at radius 1 is 1.00 bits per heavy atom. The van der Waals surface area contributed by atoms with Crippen molar-refractivity contribution in [2.45, 2.75) is 38.6 Å². The van der Waals surface area contributed by atoms with Crippen molar-refractivity contribution in [3.05, 3.63) is 65.8 Å². The second kappa shape index (κ2) is 9.97. The fourth-order valence-corrected chi connectivity index (χ4v) is 3.53. The van der Waals surface area contributed by atoms with E-state index in [4.69, 9.17) is 4.52 Å². The van der Waals surface area contributed by atoms with Crippen molar-refractivity contribution in [1.29, 1.82) is 0 Å². The number of piperidine rings is 1. The third-order valence-electron chi connectivity index (χ3n) is 5.31. The van der Waals surface area contributed by atoms with Gasteiger partial charge in [0.1, 0.15) is 0 Å². The van der Waals surface area contributed by atoms with E-state index in [0.29, 0.717) is 30.2 Å². The maximum Gasteiger partial charge on any atom is 0.253 e. The van der Waals surface area contributed by atoms with Crippen LogP contribution in [0.15, 0.2) is 53.3 Å². The van der Waals surface area contributed by atoms with Crippen LogP contribution in [-0.4, -0.2) is 44.9 Å². The third kappa shape index (κ3) is 5.53. The highest BCUT2D eigenvalue weighted by Crippen LogP contribution is 2.15. The van der Waals surface area contributed by atoms with Crippen LogP contribution in [0.2, 0.25) is 0 Å². The monoisotopic (exact) mass is 419 g/mol. The Morgan fingerprint density at radius 2 is 1.74 bits per heavy atom. The summed E-state index contributed by atoms with van der Waals surface area (Å²) in [6.45, 7) is 2.07. The van der Waals surface area contributed by atoms with Crippen LogP contribution < -0.4 is 5.32 Å². The summed E-state index contributed by atoms with van der Waals surface area (Å²) >= 11 is 0. The van der Waals surface area contributed by atoms with Crippen LogP contribution in [0.5, 0.6) is 0 Å². The molecular formula is C23H25N5O3. The molecule has 0 unspecified atom stereocenters. The molecule has 8 heteroatoms. The van der Waals surface area contributed by atoms with Crippen LogP contribution in [0.1, 0.15) is 47.5 Å². The van der Waals surface area contributed by atoms with E-state index in [-0.39, 0.29) is 18.2 Å². The lowest BCUT2D eigenvalue weighted by Crippen LogP contribution is -2.35. The van der Waals surface area contributed by atoms with Crippen LogP contribution >= 0.6 is 0 Å². The van der Waals surface area contributed by atoms with E-state index in [1.54, 1.807) is 24.5 Å². The Labute approximate surface area is 180 Å². The summed E-state index contributed by atoms with van der Waals surface area (Å²) < 4.78 is 5.22. The Hall–Kier alpha value is -3.55. The number of nitrogens with one attached hydrogen (secondary N) is 1. The van der Waals surface area contributed by atoms with Gasteiger partial charge in [-0.15, -0.1) is 0 Å². The van der Waals surface area contributed by atoms with Crippen molar-refractivity contribution < 1.29 is 14.1 Å². The van der Waals surface area contributed by atoms with Crippen molar-refractivity contribution in [2.24, 2.45) is 0 Å². The highest BCUT2D eigenvalue weighted by Gasteiger charge is 2.18. The predicted octanol–water partition coefficient (Wildman–Crippen LogP) is 3.01. The molecule has 0 spiro atoms. The lowest BCUT2D eigenvalue weighted by molar-refractivity contribution is -0.121. The van der Waals surface area contributed by atoms with Crippen LogP contribution in [-0.2, 0) is 17.8 Å². The summed E-state index contributed by atoms with van der Waals surface area (Å²) in [5, 5.41) is 6.82. The summed E-state index contributed by atoms with van der Waals surface area (Å²) in [7, 11) is 0. The molecule has 4 rings (SSSR count). The predicted molar refractivity (Wildman–Crippen MR) is 114 cm³/mol. The third-order valence-corrected chi connectivity index (χ3v) is 5.31. The summed E-state index contributed by atoms with van der Waals surface area (Å²) in [5.74, 6) is 0.887. The number of carbonyl (C=O) groups is 2. The SMILES string of the molecule is O=C(CCc1nc(-c2ccncc2)no1)NCc1ccc(C(=O)N2CCCCC2)cc1. The molecule has 8 nitrogen and oxygen atoms in total. The van der Waals surface area contributed by atoms with E-state index < -0.39 is 0 Å². The van der Waals surface area contributed by atoms with Crippen molar-refractivity contribution in [3.8, 4) is 11.4 Å². The zero-order chi connectivity index (χ0) is 21.5. The first-order valence-electron chi connectivity index (χ1n) is 10.6. The number of nitrogens with zero attached hydrogens (tertiary/aromatic N) is 4. The molecule has 0 atom stereocenters. The molecule has 1 N–H and O–H groups in total. The molecule has 160 valence electrons. The maximum absolute atomic E-state index is 12.5. The molecule has 1 aliphatic rings. The highest BCUT2D eigenvalue weighted by atomic mass is 16.5. The fraction of sp³-hybridized carbons (Fsp3) is 0.348. The van der Waals surface area contributed by atoms with Crippen LogP contribution in [0.25, 0.3) is 11.4 Å². The standard InChI is InChI=1S/C23H25N5O3/c29-20(8-9-21-26-22(27-31-21)18-10-12-24-13-11-18)25-16-17-4-6-19(7-5-17)23(30)28-14-2-1-3-15-28/h4-7,10-13H,1-3,8-9,14-16H2,(H,25,29). The van der Waals surface area contributed by atoms with Gasteiger partial charge in [-0.05, 0) is 49.1 Å². The number of carbonyl (C=O) groups excluding carboxylic acids is 2. The van der Waals surface area contributed by atoms with Gasteiger partial charge in [-0.3, -0.25) is 14.6 Å². The van der Waals surface area contributed by atoms with E-state index in [1.807, 2.05) is 29.2 Å². The number of likely N-dealkylation sites (tertiary alicyclic amines) is 1. The minimum Gasteiger partial charge on any atom is -0.352 e. The second-order valence-corrected chi connectivity index (χ2v) is 7.57. The minimum atomic E-state index is -0.0999. The molecule has 2 aromatic heterocycles. The number of benzene rings is 1. The Bertz CT molecular complexity index is 1010. The van der Waals surface area contributed by atoms with Gasteiger partial charge in [0.05, 0.1) is 0 Å². The van der Waals surface area contributed by atoms with E-state index >= 15 is 0 Å². The molecule has 3 aromatic rings. The Balaban J connectivity index is 1.23. The molecule has 1 aliphatic heterocycles. The Kier molecular flexibility index (Phi) is 6.66. The van der Waals surface area contributed by atoms with Crippen molar-refractivity contribution in [2.75, 3.05) is 13.1 Å². The molecule has 1 saturated heterocycles. The van der Waals surface area contributed by atoms with Crippen molar-refractivity contribution in [3.63, 3.8) is 0 Å². The van der Waals surface area contributed by atoms with Gasteiger partial charge < -0.3 is 14.7 Å². The first-order chi connectivity index (χ1) is 15.2. The van der Waals surface area contributed by atoms with Crippen molar-refractivity contribution >= 4 is 11.8 Å². The summed E-state index contributed by atoms with van der Waals surface area (Å²) in [6, 6.07) is 11.0. The van der Waals surface area contributed by atoms with E-state index in [0.717, 1.165) is 37.1 Å². The molecule has 3 heterocycles. The molecule has 0 radical (unpaired) electrons. The number of aryl methyl sites for hydroxylation is 1. The quantitative estimate of drug-likeness (QED) is 0.632. The minimum absolute atomic E-state index is 0.0842. The first kappa shape index (κ1) is 20.7. The molecule has 1 fully saturated rings. The van der Waals surface area contributed by atoms with Crippen molar-refractivity contribution in [1.82, 2.24) is 25.3 Å². The Morgan fingerprint density at radius 3 is 2.48 bits per heavy atom. The zero-order valence-electron chi connectivity index (χ0n) is 17.3. The fourth-order valence-electron chi connectivity index (χ4n) is 3.53. The number of aromatic nitrogens is 3. The summed E-state index contributed by atoms with van der Waals surface area (Å²) in [6.07, 6.45) is 7.29.